The number of nitrogens with two attached hydrogens (primary N) is 1. The second-order valence-electron chi connectivity index (χ2n) is 4.84. The van der Waals surface area contributed by atoms with Crippen LogP contribution < -0.4 is 10.6 Å². The van der Waals surface area contributed by atoms with Gasteiger partial charge in [-0.2, -0.15) is 5.10 Å². The molecular formula is C14H14N4O5S. The number of sulfonamides is 1. The van der Waals surface area contributed by atoms with Crippen molar-refractivity contribution in [2.24, 2.45) is 10.2 Å². The predicted molar refractivity (Wildman–Crippen MR) is 88.4 cm³/mol. The third kappa shape index (κ3) is 4.06. The number of primary sulfonamides is 1. The molecule has 0 aliphatic heterocycles. The SMILES string of the molecule is CC(=NNc1ccc(S(N)(=O)=O)cc1[N+](=O)[O-])c1ccc(O)cc1. The molecule has 0 aliphatic carbocycles. The Bertz CT molecular complexity index is 907. The standard InChI is InChI=1S/C14H14N4O5S/c1-9(10-2-4-11(19)5-3-10)16-17-13-7-6-12(24(15,22)23)8-14(13)18(20)21/h2-8,17,19H,1H3,(H2,15,22,23). The minimum Gasteiger partial charge on any atom is -0.508 e. The van der Waals surface area contributed by atoms with Crippen LogP contribution in [0.1, 0.15) is 12.5 Å². The number of rotatable bonds is 5. The summed E-state index contributed by atoms with van der Waals surface area (Å²) in [6, 6.07) is 9.46. The quantitative estimate of drug-likeness (QED) is 0.425. The van der Waals surface area contributed by atoms with Gasteiger partial charge in [0.25, 0.3) is 5.69 Å². The van der Waals surface area contributed by atoms with Gasteiger partial charge in [-0.3, -0.25) is 15.5 Å². The fraction of sp³-hybridized carbons (Fsp3) is 0.0714. The van der Waals surface area contributed by atoms with Gasteiger partial charge in [-0.05, 0) is 48.9 Å². The lowest BCUT2D eigenvalue weighted by Crippen LogP contribution is -2.12. The first-order chi connectivity index (χ1) is 11.2. The summed E-state index contributed by atoms with van der Waals surface area (Å²) in [6.07, 6.45) is 0. The Balaban J connectivity index is 2.33. The highest BCUT2D eigenvalue weighted by atomic mass is 32.2. The van der Waals surface area contributed by atoms with Crippen LogP contribution >= 0.6 is 0 Å². The minimum absolute atomic E-state index is 0.0190. The lowest BCUT2D eigenvalue weighted by Gasteiger charge is -2.06. The fourth-order valence-corrected chi connectivity index (χ4v) is 2.38. The van der Waals surface area contributed by atoms with Crippen molar-refractivity contribution in [3.63, 3.8) is 0 Å². The van der Waals surface area contributed by atoms with Crippen LogP contribution in [-0.4, -0.2) is 24.2 Å². The number of aromatic hydroxyl groups is 1. The molecule has 0 saturated carbocycles. The molecule has 0 fully saturated rings. The summed E-state index contributed by atoms with van der Waals surface area (Å²) in [5, 5.41) is 29.3. The Morgan fingerprint density at radius 3 is 2.42 bits per heavy atom. The maximum Gasteiger partial charge on any atom is 0.295 e. The number of hydrogen-bond acceptors (Lipinski definition) is 7. The van der Waals surface area contributed by atoms with Crippen molar-refractivity contribution in [3.8, 4) is 5.75 Å². The molecular weight excluding hydrogens is 336 g/mol. The third-order valence-corrected chi connectivity index (χ3v) is 4.03. The molecule has 126 valence electrons. The molecule has 0 spiro atoms. The molecule has 0 heterocycles. The lowest BCUT2D eigenvalue weighted by atomic mass is 10.1. The van der Waals surface area contributed by atoms with Crippen molar-refractivity contribution in [1.82, 2.24) is 0 Å². The summed E-state index contributed by atoms with van der Waals surface area (Å²) in [5.41, 5.74) is 3.30. The number of phenolic OH excluding ortho intramolecular Hbond substituents is 1. The molecule has 0 amide bonds. The number of anilines is 1. The Kier molecular flexibility index (Phi) is 4.81. The molecule has 2 aromatic carbocycles. The summed E-state index contributed by atoms with van der Waals surface area (Å²) in [6.45, 7) is 1.67. The van der Waals surface area contributed by atoms with Crippen molar-refractivity contribution >= 4 is 27.1 Å². The maximum absolute atomic E-state index is 11.3. The smallest absolute Gasteiger partial charge is 0.295 e. The maximum atomic E-state index is 11.3. The number of hydrogen-bond donors (Lipinski definition) is 3. The van der Waals surface area contributed by atoms with Gasteiger partial charge in [0, 0.05) is 6.07 Å². The zero-order chi connectivity index (χ0) is 17.9. The van der Waals surface area contributed by atoms with Gasteiger partial charge in [0.2, 0.25) is 10.0 Å². The van der Waals surface area contributed by atoms with E-state index < -0.39 is 20.6 Å². The Labute approximate surface area is 137 Å². The second kappa shape index (κ2) is 6.64. The first-order valence-corrected chi connectivity index (χ1v) is 8.14. The van der Waals surface area contributed by atoms with Crippen LogP contribution in [-0.2, 0) is 10.0 Å². The normalized spacial score (nSPS) is 12.0. The van der Waals surface area contributed by atoms with Gasteiger partial charge >= 0.3 is 0 Å². The average Bonchev–Trinajstić information content (AvgIpc) is 2.52. The van der Waals surface area contributed by atoms with E-state index >= 15 is 0 Å². The molecule has 9 nitrogen and oxygen atoms in total. The van der Waals surface area contributed by atoms with E-state index in [-0.39, 0.29) is 16.3 Å². The van der Waals surface area contributed by atoms with Crippen LogP contribution in [0.3, 0.4) is 0 Å². The Morgan fingerprint density at radius 1 is 1.25 bits per heavy atom. The molecule has 0 bridgehead atoms. The molecule has 0 radical (unpaired) electrons. The second-order valence-corrected chi connectivity index (χ2v) is 6.40. The summed E-state index contributed by atoms with van der Waals surface area (Å²) in [7, 11) is -4.05. The summed E-state index contributed by atoms with van der Waals surface area (Å²) >= 11 is 0. The van der Waals surface area contributed by atoms with Crippen LogP contribution in [0.25, 0.3) is 0 Å². The molecule has 24 heavy (non-hydrogen) atoms. The van der Waals surface area contributed by atoms with E-state index in [1.165, 1.54) is 18.2 Å². The van der Waals surface area contributed by atoms with Gasteiger partial charge in [-0.1, -0.05) is 0 Å². The monoisotopic (exact) mass is 350 g/mol. The number of nitro benzene ring substituents is 1. The Hall–Kier alpha value is -2.98. The summed E-state index contributed by atoms with van der Waals surface area (Å²) in [5.74, 6) is 0.105. The molecule has 2 aromatic rings. The van der Waals surface area contributed by atoms with E-state index in [0.717, 1.165) is 12.1 Å². The molecule has 0 saturated heterocycles. The van der Waals surface area contributed by atoms with E-state index in [9.17, 15) is 23.6 Å². The molecule has 2 rings (SSSR count). The predicted octanol–water partition coefficient (Wildman–Crippen LogP) is 1.78. The van der Waals surface area contributed by atoms with Gasteiger partial charge in [-0.15, -0.1) is 0 Å². The van der Waals surface area contributed by atoms with Gasteiger partial charge in [-0.25, -0.2) is 13.6 Å². The van der Waals surface area contributed by atoms with Crippen molar-refractivity contribution in [2.45, 2.75) is 11.8 Å². The van der Waals surface area contributed by atoms with Gasteiger partial charge in [0.15, 0.2) is 0 Å². The first-order valence-electron chi connectivity index (χ1n) is 6.59. The number of phenols is 1. The Morgan fingerprint density at radius 2 is 1.88 bits per heavy atom. The van der Waals surface area contributed by atoms with Crippen molar-refractivity contribution in [2.75, 3.05) is 5.43 Å². The minimum atomic E-state index is -4.05. The average molecular weight is 350 g/mol. The van der Waals surface area contributed by atoms with E-state index in [0.29, 0.717) is 11.3 Å². The number of nitrogens with one attached hydrogen (secondary N) is 1. The zero-order valence-electron chi connectivity index (χ0n) is 12.5. The summed E-state index contributed by atoms with van der Waals surface area (Å²) in [4.78, 5) is 10.0. The van der Waals surface area contributed by atoms with E-state index in [2.05, 4.69) is 10.5 Å². The fourth-order valence-electron chi connectivity index (χ4n) is 1.85. The highest BCUT2D eigenvalue weighted by Crippen LogP contribution is 2.27. The zero-order valence-corrected chi connectivity index (χ0v) is 13.3. The highest BCUT2D eigenvalue weighted by Gasteiger charge is 2.18. The third-order valence-electron chi connectivity index (χ3n) is 3.12. The van der Waals surface area contributed by atoms with Crippen LogP contribution in [0.2, 0.25) is 0 Å². The van der Waals surface area contributed by atoms with Crippen LogP contribution in [0.5, 0.6) is 5.75 Å². The molecule has 10 heteroatoms. The number of hydrazone groups is 1. The number of nitrogens with zero attached hydrogens (tertiary/aromatic N) is 2. The van der Waals surface area contributed by atoms with Crippen LogP contribution in [0.4, 0.5) is 11.4 Å². The molecule has 0 aliphatic rings. The van der Waals surface area contributed by atoms with E-state index in [4.69, 9.17) is 5.14 Å². The molecule has 0 aromatic heterocycles. The largest absolute Gasteiger partial charge is 0.508 e. The van der Waals surface area contributed by atoms with Crippen molar-refractivity contribution in [1.29, 1.82) is 0 Å². The van der Waals surface area contributed by atoms with Crippen LogP contribution in [0, 0.1) is 10.1 Å². The van der Waals surface area contributed by atoms with Gasteiger partial charge in [0.1, 0.15) is 11.4 Å². The first kappa shape index (κ1) is 17.4. The van der Waals surface area contributed by atoms with E-state index in [1.807, 2.05) is 0 Å². The van der Waals surface area contributed by atoms with Crippen molar-refractivity contribution in [3.05, 3.63) is 58.1 Å². The van der Waals surface area contributed by atoms with E-state index in [1.54, 1.807) is 19.1 Å². The lowest BCUT2D eigenvalue weighted by molar-refractivity contribution is -0.384. The van der Waals surface area contributed by atoms with Crippen LogP contribution in [0.15, 0.2) is 52.5 Å². The molecule has 4 N–H and O–H groups in total. The molecule has 0 atom stereocenters. The van der Waals surface area contributed by atoms with Crippen molar-refractivity contribution < 1.29 is 18.4 Å². The summed E-state index contributed by atoms with van der Waals surface area (Å²) < 4.78 is 22.6. The molecule has 0 unspecified atom stereocenters. The number of nitro groups is 1. The number of benzene rings is 2. The topological polar surface area (TPSA) is 148 Å². The highest BCUT2D eigenvalue weighted by molar-refractivity contribution is 7.89. The van der Waals surface area contributed by atoms with Gasteiger partial charge < -0.3 is 5.11 Å². The van der Waals surface area contributed by atoms with Gasteiger partial charge in [0.05, 0.1) is 15.5 Å².